The van der Waals surface area contributed by atoms with Crippen LogP contribution in [0, 0.1) is 6.92 Å². The zero-order valence-corrected chi connectivity index (χ0v) is 11.2. The van der Waals surface area contributed by atoms with E-state index in [1.165, 1.54) is 0 Å². The van der Waals surface area contributed by atoms with Gasteiger partial charge in [-0.15, -0.1) is 0 Å². The zero-order chi connectivity index (χ0) is 13.7. The quantitative estimate of drug-likeness (QED) is 0.758. The smallest absolute Gasteiger partial charge is 0.251 e. The number of amides is 1. The summed E-state index contributed by atoms with van der Waals surface area (Å²) in [5.74, 6) is -0.0633. The molecule has 0 unspecified atom stereocenters. The maximum atomic E-state index is 11.4. The van der Waals surface area contributed by atoms with E-state index in [-0.39, 0.29) is 5.91 Å². The number of hydrogen-bond donors (Lipinski definition) is 3. The molecule has 0 aliphatic heterocycles. The molecule has 19 heavy (non-hydrogen) atoms. The van der Waals surface area contributed by atoms with Crippen LogP contribution in [0.15, 0.2) is 30.6 Å². The van der Waals surface area contributed by atoms with Crippen molar-refractivity contribution >= 4 is 5.91 Å². The highest BCUT2D eigenvalue weighted by atomic mass is 16.1. The Morgan fingerprint density at radius 1 is 1.26 bits per heavy atom. The molecule has 0 spiro atoms. The number of imidazole rings is 1. The van der Waals surface area contributed by atoms with Crippen molar-refractivity contribution in [1.82, 2.24) is 20.6 Å². The average Bonchev–Trinajstić information content (AvgIpc) is 2.84. The second kappa shape index (κ2) is 6.15. The number of aromatic nitrogens is 2. The Morgan fingerprint density at radius 3 is 2.58 bits per heavy atom. The molecule has 0 saturated heterocycles. The molecule has 3 N–H and O–H groups in total. The standard InChI is InChI=1S/C14H18N4O/c1-10-13(18-9-17-10)8-16-7-11-3-5-12(6-4-11)14(19)15-2/h3-6,9,16H,7-8H2,1-2H3,(H,15,19)(H,17,18). The van der Waals surface area contributed by atoms with Crippen LogP contribution in [0.3, 0.4) is 0 Å². The molecule has 2 aromatic rings. The molecule has 0 aliphatic carbocycles. The molecule has 1 aromatic heterocycles. The molecule has 0 saturated carbocycles. The van der Waals surface area contributed by atoms with Gasteiger partial charge in [0.05, 0.1) is 12.0 Å². The van der Waals surface area contributed by atoms with Crippen LogP contribution >= 0.6 is 0 Å². The molecular formula is C14H18N4O. The molecular weight excluding hydrogens is 240 g/mol. The number of nitrogens with zero attached hydrogens (tertiary/aromatic N) is 1. The number of aromatic amines is 1. The topological polar surface area (TPSA) is 69.8 Å². The van der Waals surface area contributed by atoms with E-state index >= 15 is 0 Å². The van der Waals surface area contributed by atoms with E-state index in [1.54, 1.807) is 13.4 Å². The van der Waals surface area contributed by atoms with Gasteiger partial charge in [-0.25, -0.2) is 4.98 Å². The summed E-state index contributed by atoms with van der Waals surface area (Å²) in [6, 6.07) is 7.56. The lowest BCUT2D eigenvalue weighted by molar-refractivity contribution is 0.0963. The maximum Gasteiger partial charge on any atom is 0.251 e. The van der Waals surface area contributed by atoms with Gasteiger partial charge in [0.25, 0.3) is 5.91 Å². The summed E-state index contributed by atoms with van der Waals surface area (Å²) in [4.78, 5) is 18.7. The van der Waals surface area contributed by atoms with Gasteiger partial charge >= 0.3 is 0 Å². The van der Waals surface area contributed by atoms with Crippen molar-refractivity contribution in [3.8, 4) is 0 Å². The van der Waals surface area contributed by atoms with Crippen LogP contribution in [0.5, 0.6) is 0 Å². The Morgan fingerprint density at radius 2 is 2.00 bits per heavy atom. The molecule has 1 heterocycles. The number of H-pyrrole nitrogens is 1. The van der Waals surface area contributed by atoms with E-state index in [9.17, 15) is 4.79 Å². The first-order valence-electron chi connectivity index (χ1n) is 6.21. The van der Waals surface area contributed by atoms with E-state index in [1.807, 2.05) is 31.2 Å². The molecule has 0 atom stereocenters. The van der Waals surface area contributed by atoms with E-state index in [2.05, 4.69) is 20.6 Å². The van der Waals surface area contributed by atoms with Crippen LogP contribution in [0.1, 0.15) is 27.3 Å². The predicted octanol–water partition coefficient (Wildman–Crippen LogP) is 1.37. The largest absolute Gasteiger partial charge is 0.355 e. The Labute approximate surface area is 112 Å². The second-order valence-corrected chi connectivity index (χ2v) is 4.35. The first-order valence-corrected chi connectivity index (χ1v) is 6.21. The van der Waals surface area contributed by atoms with Gasteiger partial charge in [-0.1, -0.05) is 12.1 Å². The summed E-state index contributed by atoms with van der Waals surface area (Å²) < 4.78 is 0. The van der Waals surface area contributed by atoms with E-state index in [0.717, 1.165) is 30.0 Å². The number of carbonyl (C=O) groups is 1. The molecule has 0 aliphatic rings. The summed E-state index contributed by atoms with van der Waals surface area (Å²) in [5.41, 5.74) is 3.93. The van der Waals surface area contributed by atoms with Crippen molar-refractivity contribution in [3.63, 3.8) is 0 Å². The van der Waals surface area contributed by atoms with Crippen molar-refractivity contribution in [3.05, 3.63) is 53.1 Å². The Hall–Kier alpha value is -2.14. The van der Waals surface area contributed by atoms with E-state index in [4.69, 9.17) is 0 Å². The van der Waals surface area contributed by atoms with Gasteiger partial charge in [0, 0.05) is 31.4 Å². The van der Waals surface area contributed by atoms with Crippen LogP contribution in [0.4, 0.5) is 0 Å². The van der Waals surface area contributed by atoms with Gasteiger partial charge in [0.2, 0.25) is 0 Å². The Balaban J connectivity index is 1.86. The van der Waals surface area contributed by atoms with Gasteiger partial charge in [-0.2, -0.15) is 0 Å². The number of carbonyl (C=O) groups excluding carboxylic acids is 1. The fourth-order valence-corrected chi connectivity index (χ4v) is 1.81. The van der Waals surface area contributed by atoms with Gasteiger partial charge < -0.3 is 15.6 Å². The lowest BCUT2D eigenvalue weighted by atomic mass is 10.1. The lowest BCUT2D eigenvalue weighted by Crippen LogP contribution is -2.18. The maximum absolute atomic E-state index is 11.4. The highest BCUT2D eigenvalue weighted by Crippen LogP contribution is 2.05. The number of aryl methyl sites for hydroxylation is 1. The third-order valence-corrected chi connectivity index (χ3v) is 3.00. The van der Waals surface area contributed by atoms with Crippen LogP contribution in [0.25, 0.3) is 0 Å². The summed E-state index contributed by atoms with van der Waals surface area (Å²) >= 11 is 0. The molecule has 1 amide bonds. The molecule has 1 aromatic carbocycles. The summed E-state index contributed by atoms with van der Waals surface area (Å²) in [6.45, 7) is 3.48. The molecule has 5 heteroatoms. The van der Waals surface area contributed by atoms with E-state index < -0.39 is 0 Å². The van der Waals surface area contributed by atoms with Crippen molar-refractivity contribution in [2.45, 2.75) is 20.0 Å². The minimum atomic E-state index is -0.0633. The molecule has 0 radical (unpaired) electrons. The summed E-state index contributed by atoms with van der Waals surface area (Å²) in [5, 5.41) is 5.93. The first-order chi connectivity index (χ1) is 9.20. The van der Waals surface area contributed by atoms with Crippen molar-refractivity contribution in [2.75, 3.05) is 7.05 Å². The second-order valence-electron chi connectivity index (χ2n) is 4.35. The molecule has 0 fully saturated rings. The number of benzene rings is 1. The van der Waals surface area contributed by atoms with Crippen LogP contribution in [0.2, 0.25) is 0 Å². The predicted molar refractivity (Wildman–Crippen MR) is 73.7 cm³/mol. The van der Waals surface area contributed by atoms with E-state index in [0.29, 0.717) is 5.56 Å². The van der Waals surface area contributed by atoms with Crippen LogP contribution in [-0.4, -0.2) is 22.9 Å². The third-order valence-electron chi connectivity index (χ3n) is 3.00. The van der Waals surface area contributed by atoms with Crippen LogP contribution < -0.4 is 10.6 Å². The number of rotatable bonds is 5. The van der Waals surface area contributed by atoms with Gasteiger partial charge in [0.1, 0.15) is 0 Å². The SMILES string of the molecule is CNC(=O)c1ccc(CNCc2nc[nH]c2C)cc1. The Bertz CT molecular complexity index is 545. The lowest BCUT2D eigenvalue weighted by Gasteiger charge is -2.05. The fourth-order valence-electron chi connectivity index (χ4n) is 1.81. The summed E-state index contributed by atoms with van der Waals surface area (Å²) in [7, 11) is 1.63. The number of nitrogens with one attached hydrogen (secondary N) is 3. The third kappa shape index (κ3) is 3.42. The van der Waals surface area contributed by atoms with Crippen molar-refractivity contribution in [1.29, 1.82) is 0 Å². The Kier molecular flexibility index (Phi) is 4.30. The van der Waals surface area contributed by atoms with Crippen molar-refractivity contribution in [2.24, 2.45) is 0 Å². The summed E-state index contributed by atoms with van der Waals surface area (Å²) in [6.07, 6.45) is 1.70. The molecule has 0 bridgehead atoms. The van der Waals surface area contributed by atoms with Gasteiger partial charge in [-0.3, -0.25) is 4.79 Å². The molecule has 2 rings (SSSR count). The highest BCUT2D eigenvalue weighted by molar-refractivity contribution is 5.93. The fraction of sp³-hybridized carbons (Fsp3) is 0.286. The van der Waals surface area contributed by atoms with Gasteiger partial charge in [0.15, 0.2) is 0 Å². The normalized spacial score (nSPS) is 10.4. The van der Waals surface area contributed by atoms with Crippen molar-refractivity contribution < 1.29 is 4.79 Å². The zero-order valence-electron chi connectivity index (χ0n) is 11.2. The average molecular weight is 258 g/mol. The molecule has 100 valence electrons. The minimum Gasteiger partial charge on any atom is -0.355 e. The van der Waals surface area contributed by atoms with Crippen LogP contribution in [-0.2, 0) is 13.1 Å². The monoisotopic (exact) mass is 258 g/mol. The van der Waals surface area contributed by atoms with Gasteiger partial charge in [-0.05, 0) is 24.6 Å². The highest BCUT2D eigenvalue weighted by Gasteiger charge is 2.03. The first kappa shape index (κ1) is 13.3. The minimum absolute atomic E-state index is 0.0633. The number of hydrogen-bond acceptors (Lipinski definition) is 3. The molecule has 5 nitrogen and oxygen atoms in total.